The van der Waals surface area contributed by atoms with Crippen LogP contribution in [0, 0.1) is 6.92 Å². The average molecular weight is 311 g/mol. The number of nitrogens with one attached hydrogen (secondary N) is 1. The minimum absolute atomic E-state index is 0.0800. The summed E-state index contributed by atoms with van der Waals surface area (Å²) in [5, 5.41) is 13.3. The lowest BCUT2D eigenvalue weighted by Gasteiger charge is -2.26. The smallest absolute Gasteiger partial charge is 0.239 e. The molecule has 2 aromatic rings. The van der Waals surface area contributed by atoms with Crippen LogP contribution in [0.15, 0.2) is 42.5 Å². The van der Waals surface area contributed by atoms with Crippen LogP contribution in [0.3, 0.4) is 0 Å². The largest absolute Gasteiger partial charge is 0.387 e. The molecule has 5 nitrogen and oxygen atoms in total. The van der Waals surface area contributed by atoms with Gasteiger partial charge in [-0.3, -0.25) is 9.69 Å². The second-order valence-corrected chi connectivity index (χ2v) is 6.04. The van der Waals surface area contributed by atoms with Gasteiger partial charge in [0, 0.05) is 11.7 Å². The average Bonchev–Trinajstić information content (AvgIpc) is 2.85. The number of nitrogens with zero attached hydrogens (tertiary/aromatic N) is 2. The highest BCUT2D eigenvalue weighted by Gasteiger charge is 2.33. The first-order valence-electron chi connectivity index (χ1n) is 7.74. The number of fused-ring (bicyclic) bond motifs is 1. The lowest BCUT2D eigenvalue weighted by Crippen LogP contribution is -2.40. The zero-order chi connectivity index (χ0) is 16.4. The molecule has 1 amide bonds. The number of aliphatic hydroxyl groups excluding tert-OH is 1. The molecule has 0 fully saturated rings. The second kappa shape index (κ2) is 6.48. The SMILES string of the molecule is Cc1cccc(NC(=O)CN(C)C2Cc3ccccc3C2O)n1. The third kappa shape index (κ3) is 3.41. The van der Waals surface area contributed by atoms with E-state index in [1.165, 1.54) is 0 Å². The monoisotopic (exact) mass is 311 g/mol. The topological polar surface area (TPSA) is 65.5 Å². The van der Waals surface area contributed by atoms with Gasteiger partial charge in [0.2, 0.25) is 5.91 Å². The summed E-state index contributed by atoms with van der Waals surface area (Å²) in [5.74, 6) is 0.424. The van der Waals surface area contributed by atoms with Gasteiger partial charge in [-0.05, 0) is 43.7 Å². The van der Waals surface area contributed by atoms with Crippen LogP contribution >= 0.6 is 0 Å². The third-order valence-electron chi connectivity index (χ3n) is 4.28. The molecular formula is C18H21N3O2. The summed E-state index contributed by atoms with van der Waals surface area (Å²) >= 11 is 0. The predicted octanol–water partition coefficient (Wildman–Crippen LogP) is 1.92. The number of pyridine rings is 1. The number of aryl methyl sites for hydroxylation is 1. The Hall–Kier alpha value is -2.24. The molecule has 5 heteroatoms. The van der Waals surface area contributed by atoms with Crippen molar-refractivity contribution in [1.29, 1.82) is 0 Å². The van der Waals surface area contributed by atoms with Crippen molar-refractivity contribution in [3.8, 4) is 0 Å². The van der Waals surface area contributed by atoms with E-state index in [9.17, 15) is 9.90 Å². The highest BCUT2D eigenvalue weighted by molar-refractivity contribution is 5.91. The Morgan fingerprint density at radius 1 is 1.30 bits per heavy atom. The molecule has 0 saturated heterocycles. The van der Waals surface area contributed by atoms with Gasteiger partial charge in [0.15, 0.2) is 0 Å². The zero-order valence-electron chi connectivity index (χ0n) is 13.4. The van der Waals surface area contributed by atoms with E-state index >= 15 is 0 Å². The van der Waals surface area contributed by atoms with Gasteiger partial charge in [-0.1, -0.05) is 30.3 Å². The molecule has 0 radical (unpaired) electrons. The fraction of sp³-hybridized carbons (Fsp3) is 0.333. The van der Waals surface area contributed by atoms with E-state index in [0.717, 1.165) is 23.2 Å². The molecule has 1 heterocycles. The number of rotatable bonds is 4. The number of aliphatic hydroxyl groups is 1. The maximum atomic E-state index is 12.2. The molecule has 1 aliphatic carbocycles. The Kier molecular flexibility index (Phi) is 4.41. The summed E-state index contributed by atoms with van der Waals surface area (Å²) in [4.78, 5) is 18.4. The number of hydrogen-bond acceptors (Lipinski definition) is 4. The van der Waals surface area contributed by atoms with Gasteiger partial charge < -0.3 is 10.4 Å². The molecule has 0 spiro atoms. The van der Waals surface area contributed by atoms with E-state index in [1.807, 2.05) is 55.3 Å². The van der Waals surface area contributed by atoms with E-state index in [4.69, 9.17) is 0 Å². The minimum atomic E-state index is -0.555. The van der Waals surface area contributed by atoms with E-state index in [2.05, 4.69) is 10.3 Å². The first-order valence-corrected chi connectivity index (χ1v) is 7.74. The highest BCUT2D eigenvalue weighted by atomic mass is 16.3. The molecule has 2 atom stereocenters. The first kappa shape index (κ1) is 15.6. The van der Waals surface area contributed by atoms with Crippen molar-refractivity contribution in [2.24, 2.45) is 0 Å². The van der Waals surface area contributed by atoms with E-state index in [-0.39, 0.29) is 18.5 Å². The Morgan fingerprint density at radius 2 is 2.09 bits per heavy atom. The Morgan fingerprint density at radius 3 is 2.83 bits per heavy atom. The fourth-order valence-corrected chi connectivity index (χ4v) is 3.09. The molecule has 3 rings (SSSR count). The van der Waals surface area contributed by atoms with Gasteiger partial charge in [-0.15, -0.1) is 0 Å². The molecular weight excluding hydrogens is 290 g/mol. The molecule has 0 aliphatic heterocycles. The quantitative estimate of drug-likeness (QED) is 0.905. The molecule has 120 valence electrons. The van der Waals surface area contributed by atoms with Crippen molar-refractivity contribution in [2.75, 3.05) is 18.9 Å². The summed E-state index contributed by atoms with van der Waals surface area (Å²) < 4.78 is 0. The number of carbonyl (C=O) groups is 1. The number of anilines is 1. The summed E-state index contributed by atoms with van der Waals surface area (Å²) in [7, 11) is 1.86. The van der Waals surface area contributed by atoms with Gasteiger partial charge >= 0.3 is 0 Å². The van der Waals surface area contributed by atoms with Crippen molar-refractivity contribution in [3.05, 3.63) is 59.3 Å². The normalized spacial score (nSPS) is 19.7. The molecule has 2 unspecified atom stereocenters. The number of amides is 1. The lowest BCUT2D eigenvalue weighted by atomic mass is 10.1. The Balaban J connectivity index is 1.61. The minimum Gasteiger partial charge on any atom is -0.387 e. The van der Waals surface area contributed by atoms with E-state index < -0.39 is 6.10 Å². The van der Waals surface area contributed by atoms with Crippen molar-refractivity contribution >= 4 is 11.7 Å². The number of aromatic nitrogens is 1. The summed E-state index contributed by atoms with van der Waals surface area (Å²) in [6.45, 7) is 2.10. The van der Waals surface area contributed by atoms with E-state index in [0.29, 0.717) is 5.82 Å². The zero-order valence-corrected chi connectivity index (χ0v) is 13.4. The van der Waals surface area contributed by atoms with Crippen molar-refractivity contribution < 1.29 is 9.90 Å². The first-order chi connectivity index (χ1) is 11.0. The van der Waals surface area contributed by atoms with Crippen molar-refractivity contribution in [2.45, 2.75) is 25.5 Å². The molecule has 1 aliphatic rings. The predicted molar refractivity (Wildman–Crippen MR) is 89.1 cm³/mol. The van der Waals surface area contributed by atoms with Crippen LogP contribution in [-0.2, 0) is 11.2 Å². The van der Waals surface area contributed by atoms with Gasteiger partial charge in [-0.2, -0.15) is 0 Å². The maximum absolute atomic E-state index is 12.2. The number of carbonyl (C=O) groups excluding carboxylic acids is 1. The molecule has 1 aromatic heterocycles. The summed E-state index contributed by atoms with van der Waals surface area (Å²) in [5.41, 5.74) is 2.97. The van der Waals surface area contributed by atoms with E-state index in [1.54, 1.807) is 6.07 Å². The molecule has 0 saturated carbocycles. The highest BCUT2D eigenvalue weighted by Crippen LogP contribution is 2.33. The summed E-state index contributed by atoms with van der Waals surface area (Å²) in [6.07, 6.45) is 0.199. The number of benzene rings is 1. The van der Waals surface area contributed by atoms with Crippen molar-refractivity contribution in [3.63, 3.8) is 0 Å². The van der Waals surface area contributed by atoms with Gasteiger partial charge in [0.05, 0.1) is 12.6 Å². The van der Waals surface area contributed by atoms with Crippen LogP contribution in [0.1, 0.15) is 22.9 Å². The lowest BCUT2D eigenvalue weighted by molar-refractivity contribution is -0.118. The van der Waals surface area contributed by atoms with Crippen LogP contribution in [0.5, 0.6) is 0 Å². The molecule has 0 bridgehead atoms. The van der Waals surface area contributed by atoms with Crippen LogP contribution < -0.4 is 5.32 Å². The molecule has 23 heavy (non-hydrogen) atoms. The van der Waals surface area contributed by atoms with Crippen LogP contribution in [0.2, 0.25) is 0 Å². The Labute approximate surface area is 136 Å². The maximum Gasteiger partial charge on any atom is 0.239 e. The third-order valence-corrected chi connectivity index (χ3v) is 4.28. The number of likely N-dealkylation sites (N-methyl/N-ethyl adjacent to an activating group) is 1. The number of hydrogen-bond donors (Lipinski definition) is 2. The molecule has 1 aromatic carbocycles. The van der Waals surface area contributed by atoms with Gasteiger partial charge in [0.1, 0.15) is 5.82 Å². The van der Waals surface area contributed by atoms with Crippen molar-refractivity contribution in [1.82, 2.24) is 9.88 Å². The van der Waals surface area contributed by atoms with Crippen LogP contribution in [-0.4, -0.2) is 40.5 Å². The van der Waals surface area contributed by atoms with Gasteiger partial charge in [0.25, 0.3) is 0 Å². The van der Waals surface area contributed by atoms with Crippen LogP contribution in [0.25, 0.3) is 0 Å². The summed E-state index contributed by atoms with van der Waals surface area (Å²) in [6, 6.07) is 13.3. The second-order valence-electron chi connectivity index (χ2n) is 6.04. The van der Waals surface area contributed by atoms with Crippen LogP contribution in [0.4, 0.5) is 5.82 Å². The fourth-order valence-electron chi connectivity index (χ4n) is 3.09. The standard InChI is InChI=1S/C18H21N3O2/c1-12-6-5-9-16(19-12)20-17(22)11-21(2)15-10-13-7-3-4-8-14(13)18(15)23/h3-9,15,18,23H,10-11H2,1-2H3,(H,19,20,22). The van der Waals surface area contributed by atoms with Gasteiger partial charge in [-0.25, -0.2) is 4.98 Å². The molecule has 2 N–H and O–H groups in total. The Bertz CT molecular complexity index is 717.